The molecule has 3 nitrogen and oxygen atoms in total. The standard InChI is InChI=1S/C10H20O3/c1-4-8(3)6-9(11)7-10(12)13-5-2/h8-9,11H,4-7H2,1-3H3/t8-,9-/m0/s1. The van der Waals surface area contributed by atoms with E-state index in [2.05, 4.69) is 13.8 Å². The smallest absolute Gasteiger partial charge is 0.308 e. The molecule has 0 rings (SSSR count). The maximum absolute atomic E-state index is 10.9. The van der Waals surface area contributed by atoms with E-state index < -0.39 is 6.10 Å². The molecule has 1 N–H and O–H groups in total. The summed E-state index contributed by atoms with van der Waals surface area (Å²) >= 11 is 0. The fourth-order valence-corrected chi connectivity index (χ4v) is 1.13. The Balaban J connectivity index is 3.60. The molecular formula is C10H20O3. The van der Waals surface area contributed by atoms with Crippen LogP contribution in [0.4, 0.5) is 0 Å². The normalized spacial score (nSPS) is 15.1. The summed E-state index contributed by atoms with van der Waals surface area (Å²) in [6, 6.07) is 0. The van der Waals surface area contributed by atoms with Crippen LogP contribution in [0.5, 0.6) is 0 Å². The molecule has 0 fully saturated rings. The molecule has 0 aliphatic carbocycles. The van der Waals surface area contributed by atoms with Crippen molar-refractivity contribution in [2.45, 2.75) is 46.1 Å². The minimum atomic E-state index is -0.547. The number of carbonyl (C=O) groups is 1. The maximum Gasteiger partial charge on any atom is 0.308 e. The van der Waals surface area contributed by atoms with Gasteiger partial charge in [-0.05, 0) is 19.3 Å². The van der Waals surface area contributed by atoms with E-state index in [9.17, 15) is 9.90 Å². The van der Waals surface area contributed by atoms with Gasteiger partial charge in [0.1, 0.15) is 0 Å². The van der Waals surface area contributed by atoms with Gasteiger partial charge in [-0.15, -0.1) is 0 Å². The molecule has 0 aliphatic rings. The van der Waals surface area contributed by atoms with E-state index in [1.165, 1.54) is 0 Å². The molecular weight excluding hydrogens is 168 g/mol. The van der Waals surface area contributed by atoms with Gasteiger partial charge in [-0.25, -0.2) is 0 Å². The zero-order valence-electron chi connectivity index (χ0n) is 8.75. The number of hydrogen-bond acceptors (Lipinski definition) is 3. The maximum atomic E-state index is 10.9. The molecule has 0 aromatic carbocycles. The first kappa shape index (κ1) is 12.4. The monoisotopic (exact) mass is 188 g/mol. The molecule has 0 radical (unpaired) electrons. The first-order chi connectivity index (χ1) is 6.10. The molecule has 2 atom stereocenters. The Morgan fingerprint density at radius 3 is 2.54 bits per heavy atom. The molecule has 78 valence electrons. The van der Waals surface area contributed by atoms with Crippen molar-refractivity contribution in [3.8, 4) is 0 Å². The van der Waals surface area contributed by atoms with E-state index in [1.54, 1.807) is 6.92 Å². The van der Waals surface area contributed by atoms with Crippen LogP contribution in [-0.2, 0) is 9.53 Å². The van der Waals surface area contributed by atoms with Crippen molar-refractivity contribution in [3.63, 3.8) is 0 Å². The van der Waals surface area contributed by atoms with Crippen LogP contribution in [0.1, 0.15) is 40.0 Å². The summed E-state index contributed by atoms with van der Waals surface area (Å²) in [6.07, 6.45) is 1.28. The Kier molecular flexibility index (Phi) is 6.59. The lowest BCUT2D eigenvalue weighted by Crippen LogP contribution is -2.18. The summed E-state index contributed by atoms with van der Waals surface area (Å²) < 4.78 is 4.73. The van der Waals surface area contributed by atoms with Gasteiger partial charge in [-0.1, -0.05) is 20.3 Å². The van der Waals surface area contributed by atoms with Crippen molar-refractivity contribution in [2.24, 2.45) is 5.92 Å². The highest BCUT2D eigenvalue weighted by atomic mass is 16.5. The second-order valence-corrected chi connectivity index (χ2v) is 3.41. The fraction of sp³-hybridized carbons (Fsp3) is 0.900. The summed E-state index contributed by atoms with van der Waals surface area (Å²) in [5.41, 5.74) is 0. The molecule has 0 unspecified atom stereocenters. The molecule has 0 heterocycles. The van der Waals surface area contributed by atoms with E-state index >= 15 is 0 Å². The number of ether oxygens (including phenoxy) is 1. The van der Waals surface area contributed by atoms with Crippen molar-refractivity contribution in [3.05, 3.63) is 0 Å². The number of aliphatic hydroxyl groups excluding tert-OH is 1. The van der Waals surface area contributed by atoms with Gasteiger partial charge in [0.25, 0.3) is 0 Å². The van der Waals surface area contributed by atoms with Crippen LogP contribution in [0.2, 0.25) is 0 Å². The Morgan fingerprint density at radius 1 is 1.46 bits per heavy atom. The van der Waals surface area contributed by atoms with Crippen LogP contribution in [0.15, 0.2) is 0 Å². The highest BCUT2D eigenvalue weighted by Crippen LogP contribution is 2.12. The van der Waals surface area contributed by atoms with Crippen LogP contribution in [0.25, 0.3) is 0 Å². The Hall–Kier alpha value is -0.570. The van der Waals surface area contributed by atoms with Crippen LogP contribution in [0.3, 0.4) is 0 Å². The summed E-state index contributed by atoms with van der Waals surface area (Å²) in [5, 5.41) is 9.45. The molecule has 0 bridgehead atoms. The average Bonchev–Trinajstić information content (AvgIpc) is 2.04. The first-order valence-corrected chi connectivity index (χ1v) is 4.93. The quantitative estimate of drug-likeness (QED) is 0.646. The highest BCUT2D eigenvalue weighted by molar-refractivity contribution is 5.69. The average molecular weight is 188 g/mol. The van der Waals surface area contributed by atoms with E-state index in [1.807, 2.05) is 0 Å². The lowest BCUT2D eigenvalue weighted by atomic mass is 9.99. The number of aliphatic hydroxyl groups is 1. The molecule has 0 saturated carbocycles. The third-order valence-electron chi connectivity index (χ3n) is 2.08. The Labute approximate surface area is 80.1 Å². The number of rotatable bonds is 6. The van der Waals surface area contributed by atoms with E-state index in [4.69, 9.17) is 4.74 Å². The van der Waals surface area contributed by atoms with Crippen molar-refractivity contribution in [1.82, 2.24) is 0 Å². The summed E-state index contributed by atoms with van der Waals surface area (Å²) in [7, 11) is 0. The minimum Gasteiger partial charge on any atom is -0.466 e. The van der Waals surface area contributed by atoms with Crippen molar-refractivity contribution >= 4 is 5.97 Å². The van der Waals surface area contributed by atoms with Crippen LogP contribution in [0, 0.1) is 5.92 Å². The van der Waals surface area contributed by atoms with Crippen molar-refractivity contribution in [2.75, 3.05) is 6.61 Å². The molecule has 0 saturated heterocycles. The van der Waals surface area contributed by atoms with Gasteiger partial charge in [0.15, 0.2) is 0 Å². The van der Waals surface area contributed by atoms with Gasteiger partial charge in [-0.3, -0.25) is 4.79 Å². The van der Waals surface area contributed by atoms with Crippen LogP contribution < -0.4 is 0 Å². The summed E-state index contributed by atoms with van der Waals surface area (Å²) in [4.78, 5) is 10.9. The van der Waals surface area contributed by atoms with Gasteiger partial charge >= 0.3 is 5.97 Å². The molecule has 0 aromatic heterocycles. The molecule has 3 heteroatoms. The van der Waals surface area contributed by atoms with Crippen molar-refractivity contribution < 1.29 is 14.6 Å². The highest BCUT2D eigenvalue weighted by Gasteiger charge is 2.13. The Morgan fingerprint density at radius 2 is 2.08 bits per heavy atom. The largest absolute Gasteiger partial charge is 0.466 e. The second-order valence-electron chi connectivity index (χ2n) is 3.41. The fourth-order valence-electron chi connectivity index (χ4n) is 1.13. The first-order valence-electron chi connectivity index (χ1n) is 4.93. The zero-order chi connectivity index (χ0) is 10.3. The van der Waals surface area contributed by atoms with Gasteiger partial charge in [0.2, 0.25) is 0 Å². The molecule has 0 spiro atoms. The third-order valence-corrected chi connectivity index (χ3v) is 2.08. The van der Waals surface area contributed by atoms with Gasteiger partial charge in [-0.2, -0.15) is 0 Å². The van der Waals surface area contributed by atoms with E-state index in [0.717, 1.165) is 6.42 Å². The van der Waals surface area contributed by atoms with E-state index in [-0.39, 0.29) is 12.4 Å². The Bertz CT molecular complexity index is 145. The second kappa shape index (κ2) is 6.89. The zero-order valence-corrected chi connectivity index (χ0v) is 8.75. The predicted molar refractivity (Wildman–Crippen MR) is 51.3 cm³/mol. The molecule has 0 amide bonds. The van der Waals surface area contributed by atoms with Crippen LogP contribution >= 0.6 is 0 Å². The van der Waals surface area contributed by atoms with Gasteiger partial charge < -0.3 is 9.84 Å². The molecule has 0 aromatic rings. The topological polar surface area (TPSA) is 46.5 Å². The number of carbonyl (C=O) groups excluding carboxylic acids is 1. The lowest BCUT2D eigenvalue weighted by Gasteiger charge is -2.13. The van der Waals surface area contributed by atoms with Gasteiger partial charge in [0, 0.05) is 0 Å². The summed E-state index contributed by atoms with van der Waals surface area (Å²) in [6.45, 7) is 6.28. The third kappa shape index (κ3) is 6.58. The SMILES string of the molecule is CCOC(=O)C[C@@H](O)C[C@@H](C)CC. The van der Waals surface area contributed by atoms with Crippen molar-refractivity contribution in [1.29, 1.82) is 0 Å². The molecule has 13 heavy (non-hydrogen) atoms. The minimum absolute atomic E-state index is 0.123. The van der Waals surface area contributed by atoms with Crippen LogP contribution in [-0.4, -0.2) is 23.8 Å². The predicted octanol–water partition coefficient (Wildman–Crippen LogP) is 1.74. The van der Waals surface area contributed by atoms with Gasteiger partial charge in [0.05, 0.1) is 19.1 Å². The summed E-state index contributed by atoms with van der Waals surface area (Å²) in [5.74, 6) is 0.155. The van der Waals surface area contributed by atoms with E-state index in [0.29, 0.717) is 18.9 Å². The number of hydrogen-bond donors (Lipinski definition) is 1. The number of esters is 1. The molecule has 0 aliphatic heterocycles. The lowest BCUT2D eigenvalue weighted by molar-refractivity contribution is -0.145.